The summed E-state index contributed by atoms with van der Waals surface area (Å²) in [5.74, 6) is 0. The molecule has 5 nitrogen and oxygen atoms in total. The first-order valence-corrected chi connectivity index (χ1v) is 7.52. The zero-order chi connectivity index (χ0) is 14.1. The average molecular weight is 381 g/mol. The highest BCUT2D eigenvalue weighted by Crippen LogP contribution is 2.21. The van der Waals surface area contributed by atoms with Crippen LogP contribution in [0.2, 0.25) is 0 Å². The lowest BCUT2D eigenvalue weighted by Crippen LogP contribution is -2.18. The van der Waals surface area contributed by atoms with Crippen molar-refractivity contribution in [3.63, 3.8) is 0 Å². The number of halogens is 1. The standard InChI is InChI=1S/C14H16IN5/c1-18(2)5-6-19-9-12(7-16-19)11-3-4-14-13(15)8-17-20(14)10-11/h3-4,7-10H,5-6H2,1-2H3. The van der Waals surface area contributed by atoms with Crippen LogP contribution in [0.1, 0.15) is 0 Å². The van der Waals surface area contributed by atoms with E-state index in [1.807, 2.05) is 27.8 Å². The second-order valence-corrected chi connectivity index (χ2v) is 6.20. The molecule has 0 atom stereocenters. The molecule has 0 spiro atoms. The summed E-state index contributed by atoms with van der Waals surface area (Å²) in [5.41, 5.74) is 3.39. The molecular weight excluding hydrogens is 365 g/mol. The zero-order valence-corrected chi connectivity index (χ0v) is 13.6. The van der Waals surface area contributed by atoms with Crippen LogP contribution >= 0.6 is 22.6 Å². The molecule has 3 aromatic heterocycles. The van der Waals surface area contributed by atoms with Gasteiger partial charge in [0.25, 0.3) is 0 Å². The van der Waals surface area contributed by atoms with E-state index in [0.29, 0.717) is 0 Å². The van der Waals surface area contributed by atoms with E-state index in [1.165, 1.54) is 0 Å². The van der Waals surface area contributed by atoms with Crippen LogP contribution in [0.5, 0.6) is 0 Å². The van der Waals surface area contributed by atoms with Gasteiger partial charge in [0, 0.05) is 30.1 Å². The minimum absolute atomic E-state index is 0.898. The summed E-state index contributed by atoms with van der Waals surface area (Å²) in [4.78, 5) is 2.15. The topological polar surface area (TPSA) is 38.4 Å². The van der Waals surface area contributed by atoms with Crippen LogP contribution in [0, 0.1) is 3.57 Å². The molecule has 0 aliphatic heterocycles. The van der Waals surface area contributed by atoms with E-state index in [2.05, 4.69) is 70.1 Å². The fourth-order valence-electron chi connectivity index (χ4n) is 2.06. The predicted molar refractivity (Wildman–Crippen MR) is 87.7 cm³/mol. The maximum atomic E-state index is 4.41. The lowest BCUT2D eigenvalue weighted by Gasteiger charge is -2.08. The molecule has 3 aromatic rings. The van der Waals surface area contributed by atoms with Gasteiger partial charge < -0.3 is 4.90 Å². The molecule has 0 saturated heterocycles. The molecule has 0 saturated carbocycles. The Kier molecular flexibility index (Phi) is 3.75. The van der Waals surface area contributed by atoms with Gasteiger partial charge in [0.15, 0.2) is 0 Å². The van der Waals surface area contributed by atoms with Gasteiger partial charge in [-0.1, -0.05) is 6.07 Å². The predicted octanol–water partition coefficient (Wildman–Crippen LogP) is 2.36. The molecule has 0 unspecified atom stereocenters. The highest BCUT2D eigenvalue weighted by atomic mass is 127. The van der Waals surface area contributed by atoms with E-state index in [1.54, 1.807) is 0 Å². The summed E-state index contributed by atoms with van der Waals surface area (Å²) in [6.45, 7) is 1.88. The third-order valence-corrected chi connectivity index (χ3v) is 4.04. The zero-order valence-electron chi connectivity index (χ0n) is 11.5. The Hall–Kier alpha value is -1.41. The van der Waals surface area contributed by atoms with Crippen molar-refractivity contribution < 1.29 is 0 Å². The second-order valence-electron chi connectivity index (χ2n) is 5.04. The van der Waals surface area contributed by atoms with E-state index in [-0.39, 0.29) is 0 Å². The van der Waals surface area contributed by atoms with Gasteiger partial charge in [-0.25, -0.2) is 4.52 Å². The Morgan fingerprint density at radius 2 is 1.95 bits per heavy atom. The van der Waals surface area contributed by atoms with E-state index in [4.69, 9.17) is 0 Å². The molecule has 0 radical (unpaired) electrons. The Morgan fingerprint density at radius 1 is 1.10 bits per heavy atom. The number of rotatable bonds is 4. The van der Waals surface area contributed by atoms with Crippen LogP contribution in [-0.2, 0) is 6.54 Å². The quantitative estimate of drug-likeness (QED) is 0.652. The van der Waals surface area contributed by atoms with Gasteiger partial charge >= 0.3 is 0 Å². The van der Waals surface area contributed by atoms with Crippen molar-refractivity contribution >= 4 is 28.1 Å². The lowest BCUT2D eigenvalue weighted by atomic mass is 10.1. The molecule has 104 valence electrons. The first-order chi connectivity index (χ1) is 9.63. The van der Waals surface area contributed by atoms with Gasteiger partial charge in [0.1, 0.15) is 0 Å². The fraction of sp³-hybridized carbons (Fsp3) is 0.286. The summed E-state index contributed by atoms with van der Waals surface area (Å²) in [6, 6.07) is 4.22. The Labute approximate surface area is 131 Å². The molecule has 6 heteroatoms. The summed E-state index contributed by atoms with van der Waals surface area (Å²) >= 11 is 2.30. The van der Waals surface area contributed by atoms with Crippen LogP contribution in [0.4, 0.5) is 0 Å². The van der Waals surface area contributed by atoms with Gasteiger partial charge in [0.2, 0.25) is 0 Å². The Bertz CT molecular complexity index is 728. The average Bonchev–Trinajstić information content (AvgIpc) is 3.04. The summed E-state index contributed by atoms with van der Waals surface area (Å²) in [5, 5.41) is 8.75. The second kappa shape index (κ2) is 5.53. The molecule has 0 bridgehead atoms. The lowest BCUT2D eigenvalue weighted by molar-refractivity contribution is 0.373. The summed E-state index contributed by atoms with van der Waals surface area (Å²) < 4.78 is 5.05. The fourth-order valence-corrected chi connectivity index (χ4v) is 2.61. The van der Waals surface area contributed by atoms with Gasteiger partial charge in [-0.15, -0.1) is 0 Å². The smallest absolute Gasteiger partial charge is 0.0795 e. The minimum Gasteiger partial charge on any atom is -0.308 e. The van der Waals surface area contributed by atoms with E-state index >= 15 is 0 Å². The van der Waals surface area contributed by atoms with Crippen molar-refractivity contribution in [3.05, 3.63) is 40.5 Å². The van der Waals surface area contributed by atoms with Crippen LogP contribution in [0.3, 0.4) is 0 Å². The number of fused-ring (bicyclic) bond motifs is 1. The molecule has 0 fully saturated rings. The summed E-state index contributed by atoms with van der Waals surface area (Å²) in [7, 11) is 4.13. The van der Waals surface area contributed by atoms with Crippen LogP contribution in [0.25, 0.3) is 16.6 Å². The summed E-state index contributed by atoms with van der Waals surface area (Å²) in [6.07, 6.45) is 7.91. The van der Waals surface area contributed by atoms with Crippen molar-refractivity contribution in [2.24, 2.45) is 0 Å². The third-order valence-electron chi connectivity index (χ3n) is 3.21. The molecule has 20 heavy (non-hydrogen) atoms. The first-order valence-electron chi connectivity index (χ1n) is 6.44. The molecule has 0 N–H and O–H groups in total. The van der Waals surface area contributed by atoms with Crippen LogP contribution in [-0.4, -0.2) is 44.9 Å². The molecule has 0 amide bonds. The van der Waals surface area contributed by atoms with E-state index in [0.717, 1.165) is 33.3 Å². The number of aromatic nitrogens is 4. The third kappa shape index (κ3) is 2.71. The SMILES string of the molecule is CN(C)CCn1cc(-c2ccc3c(I)cnn3c2)cn1. The minimum atomic E-state index is 0.898. The molecular formula is C14H16IN5. The Morgan fingerprint density at radius 3 is 2.75 bits per heavy atom. The van der Waals surface area contributed by atoms with Crippen LogP contribution in [0.15, 0.2) is 36.9 Å². The number of hydrogen-bond acceptors (Lipinski definition) is 3. The van der Waals surface area contributed by atoms with Gasteiger partial charge in [-0.05, 0) is 42.8 Å². The first kappa shape index (κ1) is 13.6. The molecule has 3 heterocycles. The largest absolute Gasteiger partial charge is 0.308 e. The molecule has 0 aromatic carbocycles. The van der Waals surface area contributed by atoms with Crippen molar-refractivity contribution in [2.75, 3.05) is 20.6 Å². The molecule has 3 rings (SSSR count). The van der Waals surface area contributed by atoms with Crippen LogP contribution < -0.4 is 0 Å². The number of likely N-dealkylation sites (N-methyl/N-ethyl adjacent to an activating group) is 1. The van der Waals surface area contributed by atoms with Crippen molar-refractivity contribution in [2.45, 2.75) is 6.54 Å². The van der Waals surface area contributed by atoms with Gasteiger partial charge in [-0.2, -0.15) is 10.2 Å². The van der Waals surface area contributed by atoms with Crippen molar-refractivity contribution in [1.82, 2.24) is 24.3 Å². The number of hydrogen-bond donors (Lipinski definition) is 0. The van der Waals surface area contributed by atoms with Crippen molar-refractivity contribution in [1.29, 1.82) is 0 Å². The maximum absolute atomic E-state index is 4.41. The highest BCUT2D eigenvalue weighted by Gasteiger charge is 2.06. The molecule has 0 aliphatic rings. The van der Waals surface area contributed by atoms with Crippen molar-refractivity contribution in [3.8, 4) is 11.1 Å². The number of pyridine rings is 1. The maximum Gasteiger partial charge on any atom is 0.0795 e. The normalized spacial score (nSPS) is 11.6. The van der Waals surface area contributed by atoms with E-state index in [9.17, 15) is 0 Å². The monoisotopic (exact) mass is 381 g/mol. The Balaban J connectivity index is 1.87. The van der Waals surface area contributed by atoms with E-state index < -0.39 is 0 Å². The molecule has 0 aliphatic carbocycles. The van der Waals surface area contributed by atoms with Gasteiger partial charge in [-0.3, -0.25) is 4.68 Å². The van der Waals surface area contributed by atoms with Gasteiger partial charge in [0.05, 0.1) is 28.0 Å². The number of nitrogens with zero attached hydrogens (tertiary/aromatic N) is 5. The highest BCUT2D eigenvalue weighted by molar-refractivity contribution is 14.1.